The van der Waals surface area contributed by atoms with Crippen LogP contribution in [0.2, 0.25) is 0 Å². The Hall–Kier alpha value is 0.144. The smallest absolute Gasteiger partial charge is 0.320 e. The minimum absolute atomic E-state index is 0. The van der Waals surface area contributed by atoms with Gasteiger partial charge in [-0.05, 0) is 5.92 Å². The van der Waals surface area contributed by atoms with Crippen LogP contribution >= 0.6 is 0 Å². The third-order valence-corrected chi connectivity index (χ3v) is 1.00. The molecule has 0 aromatic rings. The van der Waals surface area contributed by atoms with Gasteiger partial charge < -0.3 is 10.8 Å². The van der Waals surface area contributed by atoms with Gasteiger partial charge in [0.25, 0.3) is 0 Å². The van der Waals surface area contributed by atoms with E-state index in [4.69, 9.17) is 10.8 Å². The van der Waals surface area contributed by atoms with Gasteiger partial charge in [0.05, 0.1) is 0 Å². The van der Waals surface area contributed by atoms with Crippen LogP contribution in [-0.2, 0) is 26.5 Å². The third kappa shape index (κ3) is 4.64. The molecule has 1 unspecified atom stereocenters. The Morgan fingerprint density at radius 1 is 1.56 bits per heavy atom. The number of hydrogen-bond acceptors (Lipinski definition) is 2. The van der Waals surface area contributed by atoms with E-state index in [9.17, 15) is 4.79 Å². The Morgan fingerprint density at radius 2 is 1.89 bits per heavy atom. The molecule has 0 amide bonds. The molecule has 0 rings (SSSR count). The van der Waals surface area contributed by atoms with Crippen molar-refractivity contribution in [1.82, 2.24) is 0 Å². The number of nitrogens with two attached hydrogens (primary N) is 1. The van der Waals surface area contributed by atoms with Crippen molar-refractivity contribution < 1.29 is 31.6 Å². The topological polar surface area (TPSA) is 63.3 Å². The van der Waals surface area contributed by atoms with Gasteiger partial charge in [-0.1, -0.05) is 13.8 Å². The van der Waals surface area contributed by atoms with Crippen molar-refractivity contribution in [2.75, 3.05) is 0 Å². The van der Waals surface area contributed by atoms with E-state index in [1.807, 2.05) is 0 Å². The number of aliphatic carboxylic acids is 1. The first-order valence-electron chi connectivity index (χ1n) is 2.54. The Balaban J connectivity index is 0. The molecule has 0 bridgehead atoms. The standard InChI is InChI=1S/C5H11NO2.Ti/c1-3(2)4(6)5(7)8;/h3-4H,6H2,1-2H3,(H,7,8);. The summed E-state index contributed by atoms with van der Waals surface area (Å²) < 4.78 is 0. The molecule has 1 atom stereocenters. The summed E-state index contributed by atoms with van der Waals surface area (Å²) in [7, 11) is 0. The van der Waals surface area contributed by atoms with Crippen molar-refractivity contribution in [2.45, 2.75) is 19.9 Å². The molecule has 0 aromatic carbocycles. The molecular formula is C5H11NO2Ti. The monoisotopic (exact) mass is 165 g/mol. The van der Waals surface area contributed by atoms with Gasteiger partial charge in [0.15, 0.2) is 0 Å². The van der Waals surface area contributed by atoms with Gasteiger partial charge in [-0.25, -0.2) is 0 Å². The fraction of sp³-hybridized carbons (Fsp3) is 0.800. The molecule has 52 valence electrons. The molecule has 0 saturated heterocycles. The van der Waals surface area contributed by atoms with E-state index < -0.39 is 12.0 Å². The summed E-state index contributed by atoms with van der Waals surface area (Å²) in [4.78, 5) is 10.0. The molecule has 3 N–H and O–H groups in total. The summed E-state index contributed by atoms with van der Waals surface area (Å²) in [6, 6.07) is -0.713. The summed E-state index contributed by atoms with van der Waals surface area (Å²) in [6.45, 7) is 3.55. The Bertz CT molecular complexity index is 95.0. The van der Waals surface area contributed by atoms with Gasteiger partial charge in [-0.3, -0.25) is 4.79 Å². The van der Waals surface area contributed by atoms with Gasteiger partial charge in [0.1, 0.15) is 6.04 Å². The summed E-state index contributed by atoms with van der Waals surface area (Å²) in [5, 5.41) is 8.23. The molecule has 0 fully saturated rings. The largest absolute Gasteiger partial charge is 0.480 e. The average Bonchev–Trinajstić information content (AvgIpc) is 1.64. The zero-order chi connectivity index (χ0) is 6.73. The van der Waals surface area contributed by atoms with Crippen LogP contribution in [0.4, 0.5) is 0 Å². The van der Waals surface area contributed by atoms with Crippen LogP contribution in [0.5, 0.6) is 0 Å². The van der Waals surface area contributed by atoms with Crippen LogP contribution in [0.1, 0.15) is 13.8 Å². The van der Waals surface area contributed by atoms with Gasteiger partial charge >= 0.3 is 5.97 Å². The number of rotatable bonds is 2. The van der Waals surface area contributed by atoms with E-state index in [1.54, 1.807) is 13.8 Å². The van der Waals surface area contributed by atoms with E-state index >= 15 is 0 Å². The van der Waals surface area contributed by atoms with Crippen molar-refractivity contribution in [3.05, 3.63) is 0 Å². The average molecular weight is 165 g/mol. The maximum absolute atomic E-state index is 10.0. The maximum atomic E-state index is 10.0. The van der Waals surface area contributed by atoms with E-state index in [0.717, 1.165) is 0 Å². The zero-order valence-electron chi connectivity index (χ0n) is 5.59. The van der Waals surface area contributed by atoms with Crippen LogP contribution < -0.4 is 5.73 Å². The molecule has 0 aliphatic heterocycles. The van der Waals surface area contributed by atoms with Crippen LogP contribution in [0.3, 0.4) is 0 Å². The predicted molar refractivity (Wildman–Crippen MR) is 30.4 cm³/mol. The number of carboxylic acids is 1. The molecule has 0 aliphatic carbocycles. The molecule has 0 radical (unpaired) electrons. The molecule has 0 saturated carbocycles. The van der Waals surface area contributed by atoms with Crippen LogP contribution in [0.25, 0.3) is 0 Å². The Morgan fingerprint density at radius 3 is 1.89 bits per heavy atom. The predicted octanol–water partition coefficient (Wildman–Crippen LogP) is 0.0518. The molecule has 0 spiro atoms. The van der Waals surface area contributed by atoms with Crippen LogP contribution in [0, 0.1) is 5.92 Å². The Kier molecular flexibility index (Phi) is 6.56. The van der Waals surface area contributed by atoms with Crippen molar-refractivity contribution in [2.24, 2.45) is 11.7 Å². The van der Waals surface area contributed by atoms with Crippen molar-refractivity contribution in [3.8, 4) is 0 Å². The second kappa shape index (κ2) is 4.97. The second-order valence-corrected chi connectivity index (χ2v) is 2.11. The minimum atomic E-state index is -0.931. The fourth-order valence-corrected chi connectivity index (χ4v) is 0.285. The third-order valence-electron chi connectivity index (χ3n) is 1.00. The molecule has 3 nitrogen and oxygen atoms in total. The minimum Gasteiger partial charge on any atom is -0.480 e. The molecule has 4 heteroatoms. The summed E-state index contributed by atoms with van der Waals surface area (Å²) in [6.07, 6.45) is 0. The molecular weight excluding hydrogens is 154 g/mol. The van der Waals surface area contributed by atoms with E-state index in [-0.39, 0.29) is 27.6 Å². The first kappa shape index (κ1) is 11.9. The quantitative estimate of drug-likeness (QED) is 0.568. The number of hydrogen-bond donors (Lipinski definition) is 2. The molecule has 9 heavy (non-hydrogen) atoms. The van der Waals surface area contributed by atoms with E-state index in [2.05, 4.69) is 0 Å². The van der Waals surface area contributed by atoms with Crippen LogP contribution in [0.15, 0.2) is 0 Å². The fourth-order valence-electron chi connectivity index (χ4n) is 0.285. The van der Waals surface area contributed by atoms with E-state index in [0.29, 0.717) is 0 Å². The SMILES string of the molecule is CC(C)C(N)C(=O)O.[Ti]. The zero-order valence-corrected chi connectivity index (χ0v) is 7.15. The first-order chi connectivity index (χ1) is 3.55. The Labute approximate surface area is 69.5 Å². The normalized spacial score (nSPS) is 12.4. The first-order valence-corrected chi connectivity index (χ1v) is 2.54. The molecule has 0 aliphatic rings. The molecule has 0 heterocycles. The van der Waals surface area contributed by atoms with Gasteiger partial charge in [0, 0.05) is 21.7 Å². The summed E-state index contributed by atoms with van der Waals surface area (Å²) >= 11 is 0. The second-order valence-electron chi connectivity index (χ2n) is 2.11. The van der Waals surface area contributed by atoms with Gasteiger partial charge in [-0.2, -0.15) is 0 Å². The van der Waals surface area contributed by atoms with Gasteiger partial charge in [-0.15, -0.1) is 0 Å². The summed E-state index contributed by atoms with van der Waals surface area (Å²) in [5.41, 5.74) is 5.16. The van der Waals surface area contributed by atoms with Crippen molar-refractivity contribution >= 4 is 5.97 Å². The van der Waals surface area contributed by atoms with Gasteiger partial charge in [0.2, 0.25) is 0 Å². The van der Waals surface area contributed by atoms with Crippen molar-refractivity contribution in [1.29, 1.82) is 0 Å². The number of carboxylic acid groups (broad SMARTS) is 1. The summed E-state index contributed by atoms with van der Waals surface area (Å²) in [5.74, 6) is -0.910. The van der Waals surface area contributed by atoms with Crippen LogP contribution in [-0.4, -0.2) is 17.1 Å². The number of carbonyl (C=O) groups is 1. The molecule has 0 aromatic heterocycles. The van der Waals surface area contributed by atoms with E-state index in [1.165, 1.54) is 0 Å². The van der Waals surface area contributed by atoms with Crippen molar-refractivity contribution in [3.63, 3.8) is 0 Å². The maximum Gasteiger partial charge on any atom is 0.320 e.